The maximum Gasteiger partial charge on any atom is 0.210 e. The molecule has 1 heterocycles. The van der Waals surface area contributed by atoms with Crippen LogP contribution in [-0.2, 0) is 9.53 Å². The summed E-state index contributed by atoms with van der Waals surface area (Å²) in [5.74, 6) is 0.705. The summed E-state index contributed by atoms with van der Waals surface area (Å²) in [7, 11) is 0. The van der Waals surface area contributed by atoms with E-state index in [4.69, 9.17) is 4.74 Å². The van der Waals surface area contributed by atoms with Gasteiger partial charge in [-0.2, -0.15) is 0 Å². The van der Waals surface area contributed by atoms with Crippen LogP contribution in [0.5, 0.6) is 0 Å². The Morgan fingerprint density at radius 1 is 1.12 bits per heavy atom. The molecule has 1 aliphatic rings. The molecule has 0 saturated heterocycles. The van der Waals surface area contributed by atoms with Gasteiger partial charge in [0.1, 0.15) is 5.76 Å². The minimum atomic E-state index is -0.821. The molecule has 0 atom stereocenters. The molecule has 0 aliphatic carbocycles. The third-order valence-electron chi connectivity index (χ3n) is 3.66. The lowest BCUT2D eigenvalue weighted by molar-refractivity contribution is -0.126. The summed E-state index contributed by atoms with van der Waals surface area (Å²) in [6.07, 6.45) is 7.89. The molecular weight excluding hydrogens is 316 g/mol. The average Bonchev–Trinajstić information content (AvgIpc) is 2.85. The zero-order valence-corrected chi connectivity index (χ0v) is 16.6. The van der Waals surface area contributed by atoms with Crippen molar-refractivity contribution >= 4 is 23.3 Å². The minimum absolute atomic E-state index is 0.0302. The number of benzene rings is 1. The summed E-state index contributed by atoms with van der Waals surface area (Å²) in [5, 5.41) is 0. The van der Waals surface area contributed by atoms with E-state index < -0.39 is 5.60 Å². The predicted octanol–water partition coefficient (Wildman–Crippen LogP) is 6.05. The SMILES string of the molecule is C/C=C\C(=C/C)C1=C(c2ccc(SC)cc2)OC(C)(C)C1=O.CC. The highest BCUT2D eigenvalue weighted by Gasteiger charge is 2.42. The maximum absolute atomic E-state index is 12.7. The van der Waals surface area contributed by atoms with Gasteiger partial charge >= 0.3 is 0 Å². The van der Waals surface area contributed by atoms with E-state index in [1.54, 1.807) is 11.8 Å². The van der Waals surface area contributed by atoms with Gasteiger partial charge in [0.05, 0.1) is 5.57 Å². The third kappa shape index (κ3) is 4.21. The van der Waals surface area contributed by atoms with Gasteiger partial charge in [0.15, 0.2) is 5.60 Å². The van der Waals surface area contributed by atoms with Gasteiger partial charge in [0, 0.05) is 10.5 Å². The standard InChI is InChI=1S/C19H22O2S.C2H6/c1-6-8-13(7-2)16-17(21-19(3,4)18(16)20)14-9-11-15(22-5)12-10-14;1-2/h6-12H,1-5H3;1-2H3/b8-6-,13-7+;. The smallest absolute Gasteiger partial charge is 0.210 e. The van der Waals surface area contributed by atoms with Gasteiger partial charge in [-0.25, -0.2) is 0 Å². The van der Waals surface area contributed by atoms with Crippen LogP contribution in [0, 0.1) is 0 Å². The van der Waals surface area contributed by atoms with Crippen LogP contribution in [0.3, 0.4) is 0 Å². The van der Waals surface area contributed by atoms with E-state index in [2.05, 4.69) is 12.1 Å². The number of ether oxygens (including phenoxy) is 1. The van der Waals surface area contributed by atoms with Crippen LogP contribution in [-0.4, -0.2) is 17.6 Å². The Morgan fingerprint density at radius 3 is 2.17 bits per heavy atom. The summed E-state index contributed by atoms with van der Waals surface area (Å²) >= 11 is 1.69. The summed E-state index contributed by atoms with van der Waals surface area (Å²) in [4.78, 5) is 13.9. The van der Waals surface area contributed by atoms with Crippen molar-refractivity contribution in [3.63, 3.8) is 0 Å². The van der Waals surface area contributed by atoms with Gasteiger partial charge in [-0.15, -0.1) is 11.8 Å². The van der Waals surface area contributed by atoms with Crippen molar-refractivity contribution in [1.29, 1.82) is 0 Å². The highest BCUT2D eigenvalue weighted by atomic mass is 32.2. The molecule has 0 bridgehead atoms. The monoisotopic (exact) mass is 344 g/mol. The summed E-state index contributed by atoms with van der Waals surface area (Å²) in [5.41, 5.74) is 1.69. The molecule has 1 aromatic rings. The molecule has 0 radical (unpaired) electrons. The first-order valence-electron chi connectivity index (χ1n) is 8.36. The molecule has 2 nitrogen and oxygen atoms in total. The molecule has 1 aromatic carbocycles. The van der Waals surface area contributed by atoms with Crippen molar-refractivity contribution in [3.05, 3.63) is 59.2 Å². The number of carbonyl (C=O) groups is 1. The molecule has 0 unspecified atom stereocenters. The van der Waals surface area contributed by atoms with E-state index in [1.807, 2.05) is 78.2 Å². The molecule has 0 spiro atoms. The van der Waals surface area contributed by atoms with Crippen molar-refractivity contribution in [2.75, 3.05) is 6.26 Å². The van der Waals surface area contributed by atoms with Gasteiger partial charge in [-0.3, -0.25) is 4.79 Å². The number of rotatable bonds is 4. The quantitative estimate of drug-likeness (QED) is 0.491. The van der Waals surface area contributed by atoms with Crippen molar-refractivity contribution in [3.8, 4) is 0 Å². The predicted molar refractivity (Wildman–Crippen MR) is 105 cm³/mol. The van der Waals surface area contributed by atoms with Crippen LogP contribution in [0.25, 0.3) is 5.76 Å². The van der Waals surface area contributed by atoms with Crippen LogP contribution in [0.15, 0.2) is 58.5 Å². The fourth-order valence-electron chi connectivity index (χ4n) is 2.47. The Labute approximate surface area is 150 Å². The van der Waals surface area contributed by atoms with Crippen LogP contribution >= 0.6 is 11.8 Å². The fourth-order valence-corrected chi connectivity index (χ4v) is 2.88. The number of hydrogen-bond acceptors (Lipinski definition) is 3. The van der Waals surface area contributed by atoms with E-state index in [9.17, 15) is 4.79 Å². The van der Waals surface area contributed by atoms with Gasteiger partial charge in [0.2, 0.25) is 5.78 Å². The molecule has 1 aliphatic heterocycles. The Balaban J connectivity index is 0.00000139. The first kappa shape index (κ1) is 20.3. The Bertz CT molecular complexity index is 662. The average molecular weight is 345 g/mol. The van der Waals surface area contributed by atoms with Gasteiger partial charge in [-0.05, 0) is 51.7 Å². The van der Waals surface area contributed by atoms with E-state index >= 15 is 0 Å². The van der Waals surface area contributed by atoms with Crippen LogP contribution in [0.4, 0.5) is 0 Å². The fraction of sp³-hybridized carbons (Fsp3) is 0.381. The molecule has 0 N–H and O–H groups in total. The normalized spacial score (nSPS) is 17.0. The Morgan fingerprint density at radius 2 is 1.71 bits per heavy atom. The zero-order valence-electron chi connectivity index (χ0n) is 15.8. The second kappa shape index (κ2) is 8.93. The second-order valence-corrected chi connectivity index (χ2v) is 6.50. The van der Waals surface area contributed by atoms with E-state index in [-0.39, 0.29) is 5.78 Å². The van der Waals surface area contributed by atoms with Crippen molar-refractivity contribution in [2.24, 2.45) is 0 Å². The second-order valence-electron chi connectivity index (χ2n) is 5.62. The molecule has 0 saturated carbocycles. The van der Waals surface area contributed by atoms with E-state index in [0.717, 1.165) is 11.1 Å². The minimum Gasteiger partial charge on any atom is -0.478 e. The van der Waals surface area contributed by atoms with E-state index in [0.29, 0.717) is 11.3 Å². The molecule has 0 amide bonds. The molecule has 24 heavy (non-hydrogen) atoms. The molecule has 2 rings (SSSR count). The topological polar surface area (TPSA) is 26.3 Å². The number of hydrogen-bond donors (Lipinski definition) is 0. The van der Waals surface area contributed by atoms with Crippen molar-refractivity contribution < 1.29 is 9.53 Å². The molecule has 0 fully saturated rings. The van der Waals surface area contributed by atoms with Crippen LogP contribution < -0.4 is 0 Å². The van der Waals surface area contributed by atoms with Gasteiger partial charge in [-0.1, -0.05) is 44.2 Å². The highest BCUT2D eigenvalue weighted by molar-refractivity contribution is 7.98. The van der Waals surface area contributed by atoms with Crippen molar-refractivity contribution in [2.45, 2.75) is 52.0 Å². The molecular formula is C21H28O2S. The lowest BCUT2D eigenvalue weighted by atomic mass is 9.92. The summed E-state index contributed by atoms with van der Waals surface area (Å²) in [6, 6.07) is 8.13. The number of allylic oxidation sites excluding steroid dienone is 4. The number of ketones is 1. The number of thioether (sulfide) groups is 1. The number of carbonyl (C=O) groups excluding carboxylic acids is 1. The van der Waals surface area contributed by atoms with Gasteiger partial charge < -0.3 is 4.74 Å². The van der Waals surface area contributed by atoms with Crippen LogP contribution in [0.1, 0.15) is 47.1 Å². The first-order chi connectivity index (χ1) is 11.4. The highest BCUT2D eigenvalue weighted by Crippen LogP contribution is 2.40. The first-order valence-corrected chi connectivity index (χ1v) is 9.59. The van der Waals surface area contributed by atoms with Crippen molar-refractivity contribution in [1.82, 2.24) is 0 Å². The third-order valence-corrected chi connectivity index (χ3v) is 4.40. The molecule has 130 valence electrons. The lowest BCUT2D eigenvalue weighted by Gasteiger charge is -2.17. The largest absolute Gasteiger partial charge is 0.478 e. The van der Waals surface area contributed by atoms with E-state index in [1.165, 1.54) is 4.90 Å². The molecule has 3 heteroatoms. The van der Waals surface area contributed by atoms with Crippen LogP contribution in [0.2, 0.25) is 0 Å². The van der Waals surface area contributed by atoms with Gasteiger partial charge in [0.25, 0.3) is 0 Å². The number of Topliss-reactive ketones (excluding diaryl/α,β-unsaturated/α-hetero) is 1. The summed E-state index contributed by atoms with van der Waals surface area (Å²) in [6.45, 7) is 11.5. The maximum atomic E-state index is 12.7. The Hall–Kier alpha value is -1.74. The Kier molecular flexibility index (Phi) is 7.56. The summed E-state index contributed by atoms with van der Waals surface area (Å²) < 4.78 is 6.01. The lowest BCUT2D eigenvalue weighted by Crippen LogP contribution is -2.29. The zero-order chi connectivity index (χ0) is 18.3. The molecule has 0 aromatic heterocycles.